The molecule has 1 aromatic rings. The predicted octanol–water partition coefficient (Wildman–Crippen LogP) is 4.05. The lowest BCUT2D eigenvalue weighted by molar-refractivity contribution is 0.0636. The summed E-state index contributed by atoms with van der Waals surface area (Å²) in [5.41, 5.74) is 1.10. The van der Waals surface area contributed by atoms with Crippen LogP contribution in [0.15, 0.2) is 24.3 Å². The number of nitriles is 1. The molecule has 1 atom stereocenters. The molecule has 1 aromatic carbocycles. The van der Waals surface area contributed by atoms with Gasteiger partial charge in [-0.05, 0) is 44.9 Å². The van der Waals surface area contributed by atoms with Crippen LogP contribution in [-0.4, -0.2) is 11.7 Å². The number of amides is 1. The van der Waals surface area contributed by atoms with Crippen molar-refractivity contribution in [1.82, 2.24) is 0 Å². The number of nitrogens with zero attached hydrogens (tertiary/aromatic N) is 1. The molecule has 1 unspecified atom stereocenters. The lowest BCUT2D eigenvalue weighted by atomic mass is 9.98. The zero-order chi connectivity index (χ0) is 14.5. The third-order valence-corrected chi connectivity index (χ3v) is 2.52. The van der Waals surface area contributed by atoms with E-state index in [-0.39, 0.29) is 5.92 Å². The highest BCUT2D eigenvalue weighted by molar-refractivity contribution is 5.84. The first-order valence-electron chi connectivity index (χ1n) is 6.35. The highest BCUT2D eigenvalue weighted by atomic mass is 16.6. The summed E-state index contributed by atoms with van der Waals surface area (Å²) < 4.78 is 5.16. The average molecular weight is 260 g/mol. The highest BCUT2D eigenvalue weighted by Crippen LogP contribution is 2.20. The van der Waals surface area contributed by atoms with Crippen molar-refractivity contribution in [3.05, 3.63) is 29.8 Å². The minimum absolute atomic E-state index is 0.101. The summed E-state index contributed by atoms with van der Waals surface area (Å²) in [5, 5.41) is 11.6. The molecule has 19 heavy (non-hydrogen) atoms. The maximum Gasteiger partial charge on any atom is 0.412 e. The molecule has 0 saturated heterocycles. The normalized spacial score (nSPS) is 12.4. The van der Waals surface area contributed by atoms with Gasteiger partial charge in [-0.3, -0.25) is 5.32 Å². The predicted molar refractivity (Wildman–Crippen MR) is 74.9 cm³/mol. The lowest BCUT2D eigenvalue weighted by Gasteiger charge is -2.19. The van der Waals surface area contributed by atoms with Crippen LogP contribution >= 0.6 is 0 Å². The summed E-state index contributed by atoms with van der Waals surface area (Å²) >= 11 is 0. The smallest absolute Gasteiger partial charge is 0.412 e. The zero-order valence-corrected chi connectivity index (χ0v) is 11.9. The number of anilines is 1. The Morgan fingerprint density at radius 2 is 1.95 bits per heavy atom. The second-order valence-electron chi connectivity index (χ2n) is 5.34. The molecule has 0 radical (unpaired) electrons. The van der Waals surface area contributed by atoms with Crippen LogP contribution in [0.3, 0.4) is 0 Å². The van der Waals surface area contributed by atoms with Crippen molar-refractivity contribution in [2.75, 3.05) is 5.32 Å². The summed E-state index contributed by atoms with van der Waals surface area (Å²) in [7, 11) is 0. The number of ether oxygens (including phenoxy) is 1. The van der Waals surface area contributed by atoms with E-state index in [0.29, 0.717) is 5.69 Å². The van der Waals surface area contributed by atoms with E-state index in [2.05, 4.69) is 11.4 Å². The van der Waals surface area contributed by atoms with Crippen molar-refractivity contribution in [3.63, 3.8) is 0 Å². The maximum absolute atomic E-state index is 11.6. The van der Waals surface area contributed by atoms with E-state index in [9.17, 15) is 4.79 Å². The molecule has 0 heterocycles. The van der Waals surface area contributed by atoms with Gasteiger partial charge in [-0.25, -0.2) is 4.79 Å². The number of carbonyl (C=O) groups excluding carboxylic acids is 1. The molecule has 4 nitrogen and oxygen atoms in total. The molecule has 0 spiro atoms. The van der Waals surface area contributed by atoms with E-state index in [1.807, 2.05) is 39.8 Å². The van der Waals surface area contributed by atoms with Gasteiger partial charge in [-0.15, -0.1) is 0 Å². The highest BCUT2D eigenvalue weighted by Gasteiger charge is 2.16. The van der Waals surface area contributed by atoms with Gasteiger partial charge in [0.2, 0.25) is 0 Å². The van der Waals surface area contributed by atoms with E-state index in [4.69, 9.17) is 10.00 Å². The monoisotopic (exact) mass is 260 g/mol. The summed E-state index contributed by atoms with van der Waals surface area (Å²) in [4.78, 5) is 11.6. The molecular weight excluding hydrogens is 240 g/mol. The van der Waals surface area contributed by atoms with Crippen molar-refractivity contribution in [2.24, 2.45) is 0 Å². The minimum Gasteiger partial charge on any atom is -0.444 e. The van der Waals surface area contributed by atoms with Crippen LogP contribution in [0.4, 0.5) is 10.5 Å². The van der Waals surface area contributed by atoms with Gasteiger partial charge < -0.3 is 4.74 Å². The zero-order valence-electron chi connectivity index (χ0n) is 11.9. The standard InChI is InChI=1S/C15H20N2O2/c1-5-11(10-16)12-6-8-13(9-7-12)17-14(18)19-15(2,3)4/h6-9,11H,5H2,1-4H3,(H,17,18). The summed E-state index contributed by atoms with van der Waals surface area (Å²) in [5.74, 6) is -0.101. The van der Waals surface area contributed by atoms with Crippen molar-refractivity contribution >= 4 is 11.8 Å². The maximum atomic E-state index is 11.6. The molecule has 102 valence electrons. The van der Waals surface area contributed by atoms with Crippen molar-refractivity contribution in [1.29, 1.82) is 5.26 Å². The first kappa shape index (κ1) is 15.0. The van der Waals surface area contributed by atoms with Gasteiger partial charge in [-0.1, -0.05) is 19.1 Å². The Kier molecular flexibility index (Phi) is 4.94. The van der Waals surface area contributed by atoms with Gasteiger partial charge in [0.05, 0.1) is 12.0 Å². The molecule has 0 aliphatic rings. The van der Waals surface area contributed by atoms with Crippen molar-refractivity contribution in [2.45, 2.75) is 45.6 Å². The van der Waals surface area contributed by atoms with E-state index in [0.717, 1.165) is 12.0 Å². The summed E-state index contributed by atoms with van der Waals surface area (Å²) in [6.45, 7) is 7.41. The molecule has 1 N–H and O–H groups in total. The van der Waals surface area contributed by atoms with Crippen LogP contribution < -0.4 is 5.32 Å². The second-order valence-corrected chi connectivity index (χ2v) is 5.34. The van der Waals surface area contributed by atoms with Crippen LogP contribution in [0.1, 0.15) is 45.6 Å². The molecule has 0 aliphatic carbocycles. The molecule has 4 heteroatoms. The summed E-state index contributed by atoms with van der Waals surface area (Å²) in [6.07, 6.45) is 0.294. The van der Waals surface area contributed by atoms with E-state index in [1.54, 1.807) is 12.1 Å². The number of rotatable bonds is 3. The number of hydrogen-bond donors (Lipinski definition) is 1. The number of hydrogen-bond acceptors (Lipinski definition) is 3. The Labute approximate surface area is 114 Å². The Morgan fingerprint density at radius 3 is 2.37 bits per heavy atom. The Hall–Kier alpha value is -2.02. The third kappa shape index (κ3) is 5.01. The van der Waals surface area contributed by atoms with Crippen molar-refractivity contribution < 1.29 is 9.53 Å². The van der Waals surface area contributed by atoms with Gasteiger partial charge in [0.1, 0.15) is 5.60 Å². The fourth-order valence-corrected chi connectivity index (χ4v) is 1.62. The Balaban J connectivity index is 2.68. The lowest BCUT2D eigenvalue weighted by Crippen LogP contribution is -2.27. The molecule has 0 fully saturated rings. The quantitative estimate of drug-likeness (QED) is 0.891. The fraction of sp³-hybridized carbons (Fsp3) is 0.467. The fourth-order valence-electron chi connectivity index (χ4n) is 1.62. The van der Waals surface area contributed by atoms with E-state index in [1.165, 1.54) is 0 Å². The molecule has 0 aliphatic heterocycles. The van der Waals surface area contributed by atoms with Crippen LogP contribution in [-0.2, 0) is 4.74 Å². The molecule has 0 bridgehead atoms. The number of benzene rings is 1. The topological polar surface area (TPSA) is 62.1 Å². The summed E-state index contributed by atoms with van der Waals surface area (Å²) in [6, 6.07) is 9.50. The largest absolute Gasteiger partial charge is 0.444 e. The molecule has 1 rings (SSSR count). The van der Waals surface area contributed by atoms with Crippen molar-refractivity contribution in [3.8, 4) is 6.07 Å². The van der Waals surface area contributed by atoms with Gasteiger partial charge in [0, 0.05) is 5.69 Å². The number of carbonyl (C=O) groups is 1. The SMILES string of the molecule is CCC(C#N)c1ccc(NC(=O)OC(C)(C)C)cc1. The molecule has 0 saturated carbocycles. The molecule has 0 aromatic heterocycles. The minimum atomic E-state index is -0.516. The van der Waals surface area contributed by atoms with E-state index < -0.39 is 11.7 Å². The van der Waals surface area contributed by atoms with Crippen LogP contribution in [0, 0.1) is 11.3 Å². The molecule has 1 amide bonds. The first-order chi connectivity index (χ1) is 8.85. The van der Waals surface area contributed by atoms with E-state index >= 15 is 0 Å². The van der Waals surface area contributed by atoms with Crippen LogP contribution in [0.5, 0.6) is 0 Å². The van der Waals surface area contributed by atoms with Crippen LogP contribution in [0.25, 0.3) is 0 Å². The van der Waals surface area contributed by atoms with Gasteiger partial charge in [0.25, 0.3) is 0 Å². The Morgan fingerprint density at radius 1 is 1.37 bits per heavy atom. The Bertz CT molecular complexity index is 466. The first-order valence-corrected chi connectivity index (χ1v) is 6.35. The molecular formula is C15H20N2O2. The van der Waals surface area contributed by atoms with Gasteiger partial charge >= 0.3 is 6.09 Å². The second kappa shape index (κ2) is 6.24. The average Bonchev–Trinajstić information content (AvgIpc) is 2.30. The van der Waals surface area contributed by atoms with Gasteiger partial charge in [-0.2, -0.15) is 5.26 Å². The number of nitrogens with one attached hydrogen (secondary N) is 1. The third-order valence-electron chi connectivity index (χ3n) is 2.52. The van der Waals surface area contributed by atoms with Gasteiger partial charge in [0.15, 0.2) is 0 Å². The van der Waals surface area contributed by atoms with Crippen LogP contribution in [0.2, 0.25) is 0 Å².